The predicted molar refractivity (Wildman–Crippen MR) is 85.4 cm³/mol. The smallest absolute Gasteiger partial charge is 0.426 e. The van der Waals surface area contributed by atoms with Gasteiger partial charge in [-0.25, -0.2) is 9.59 Å². The van der Waals surface area contributed by atoms with Crippen LogP contribution < -0.4 is 10.6 Å². The Morgan fingerprint density at radius 3 is 2.40 bits per heavy atom. The van der Waals surface area contributed by atoms with Gasteiger partial charge in [0.2, 0.25) is 0 Å². The minimum atomic E-state index is -1.00. The molecule has 126 valence electrons. The summed E-state index contributed by atoms with van der Waals surface area (Å²) in [6.07, 6.45) is -1.00. The third-order valence-corrected chi connectivity index (χ3v) is 3.15. The van der Waals surface area contributed by atoms with Crippen LogP contribution in [0.4, 0.5) is 10.5 Å². The van der Waals surface area contributed by atoms with Gasteiger partial charge in [0.1, 0.15) is 11.4 Å². The fourth-order valence-corrected chi connectivity index (χ4v) is 2.04. The highest BCUT2D eigenvalue weighted by molar-refractivity contribution is 5.64. The Hall–Kier alpha value is -3.68. The van der Waals surface area contributed by atoms with Crippen molar-refractivity contribution in [1.82, 2.24) is 0 Å². The van der Waals surface area contributed by atoms with Gasteiger partial charge < -0.3 is 18.3 Å². The third-order valence-electron chi connectivity index (χ3n) is 3.15. The van der Waals surface area contributed by atoms with Crippen molar-refractivity contribution < 1.29 is 23.1 Å². The molecule has 0 aliphatic rings. The Kier molecular flexibility index (Phi) is 4.70. The van der Waals surface area contributed by atoms with Gasteiger partial charge in [-0.1, -0.05) is 30.3 Å². The van der Waals surface area contributed by atoms with E-state index in [-0.39, 0.29) is 29.6 Å². The van der Waals surface area contributed by atoms with Gasteiger partial charge in [-0.05, 0) is 29.4 Å². The van der Waals surface area contributed by atoms with Gasteiger partial charge in [-0.2, -0.15) is 0 Å². The van der Waals surface area contributed by atoms with E-state index in [0.29, 0.717) is 5.56 Å². The summed E-state index contributed by atoms with van der Waals surface area (Å²) in [6, 6.07) is 14.3. The number of nitroso groups, excluding NO2 is 1. The zero-order chi connectivity index (χ0) is 17.6. The summed E-state index contributed by atoms with van der Waals surface area (Å²) in [4.78, 5) is 33.4. The van der Waals surface area contributed by atoms with Gasteiger partial charge in [0, 0.05) is 5.56 Å². The van der Waals surface area contributed by atoms with E-state index in [2.05, 4.69) is 5.18 Å². The number of rotatable bonds is 5. The number of ether oxygens (including phenoxy) is 2. The van der Waals surface area contributed by atoms with Crippen molar-refractivity contribution in [3.8, 4) is 17.1 Å². The quantitative estimate of drug-likeness (QED) is 0.392. The third kappa shape index (κ3) is 3.99. The fraction of sp³-hybridized carbons (Fsp3) is 0.0588. The molecule has 1 heterocycles. The Labute approximate surface area is 140 Å². The van der Waals surface area contributed by atoms with Crippen LogP contribution in [-0.4, -0.2) is 6.16 Å². The molecule has 8 heteroatoms. The average Bonchev–Trinajstić information content (AvgIpc) is 3.02. The molecule has 1 aromatic heterocycles. The Bertz CT molecular complexity index is 926. The summed E-state index contributed by atoms with van der Waals surface area (Å²) < 4.78 is 19.7. The van der Waals surface area contributed by atoms with Gasteiger partial charge in [0.25, 0.3) is 0 Å². The molecule has 0 aliphatic heterocycles. The van der Waals surface area contributed by atoms with Crippen molar-refractivity contribution in [2.75, 3.05) is 0 Å². The van der Waals surface area contributed by atoms with Crippen LogP contribution in [0.2, 0.25) is 0 Å². The highest BCUT2D eigenvalue weighted by Crippen LogP contribution is 2.23. The van der Waals surface area contributed by atoms with E-state index in [1.54, 1.807) is 30.3 Å². The number of carbonyl (C=O) groups is 1. The second-order valence-corrected chi connectivity index (χ2v) is 4.80. The van der Waals surface area contributed by atoms with Gasteiger partial charge in [-0.3, -0.25) is 0 Å². The van der Waals surface area contributed by atoms with Crippen LogP contribution in [0.5, 0.6) is 5.75 Å². The molecule has 0 saturated heterocycles. The molecule has 0 unspecified atom stereocenters. The molecule has 0 amide bonds. The molecule has 8 nitrogen and oxygen atoms in total. The first-order valence-corrected chi connectivity index (χ1v) is 7.12. The van der Waals surface area contributed by atoms with Crippen molar-refractivity contribution >= 4 is 11.8 Å². The molecule has 0 bridgehead atoms. The topological polar surface area (TPSA) is 108 Å². The largest absolute Gasteiger partial charge is 0.519 e. The monoisotopic (exact) mass is 341 g/mol. The predicted octanol–water partition coefficient (Wildman–Crippen LogP) is 4.01. The lowest BCUT2D eigenvalue weighted by molar-refractivity contribution is 0.0861. The molecule has 0 aliphatic carbocycles. The molecule has 0 N–H and O–H groups in total. The van der Waals surface area contributed by atoms with Crippen molar-refractivity contribution in [3.05, 3.63) is 75.9 Å². The molecule has 0 spiro atoms. The number of benzene rings is 2. The Balaban J connectivity index is 1.66. The summed E-state index contributed by atoms with van der Waals surface area (Å²) in [6.45, 7) is -0.344. The van der Waals surface area contributed by atoms with E-state index in [9.17, 15) is 14.5 Å². The van der Waals surface area contributed by atoms with E-state index in [1.165, 1.54) is 24.3 Å². The minimum Gasteiger partial charge on any atom is -0.426 e. The van der Waals surface area contributed by atoms with Crippen molar-refractivity contribution in [3.63, 3.8) is 0 Å². The second kappa shape index (κ2) is 7.26. The maximum Gasteiger partial charge on any atom is 0.519 e. The maximum atomic E-state index is 11.7. The van der Waals surface area contributed by atoms with Crippen molar-refractivity contribution in [2.24, 2.45) is 5.18 Å². The van der Waals surface area contributed by atoms with Crippen molar-refractivity contribution in [1.29, 1.82) is 0 Å². The van der Waals surface area contributed by atoms with Crippen LogP contribution in [0.15, 0.2) is 73.4 Å². The van der Waals surface area contributed by atoms with E-state index in [4.69, 9.17) is 18.3 Å². The maximum absolute atomic E-state index is 11.7. The lowest BCUT2D eigenvalue weighted by atomic mass is 10.1. The normalized spacial score (nSPS) is 10.2. The Morgan fingerprint density at radius 2 is 1.72 bits per heavy atom. The summed E-state index contributed by atoms with van der Waals surface area (Å²) in [7, 11) is 0. The van der Waals surface area contributed by atoms with Crippen LogP contribution in [0.25, 0.3) is 11.3 Å². The van der Waals surface area contributed by atoms with Crippen LogP contribution >= 0.6 is 0 Å². The average molecular weight is 341 g/mol. The van der Waals surface area contributed by atoms with Gasteiger partial charge >= 0.3 is 12.0 Å². The lowest BCUT2D eigenvalue weighted by Crippen LogP contribution is -2.10. The SMILES string of the molecule is O=Nc1ccc(OC(=O)OCc2oc(=O)oc2-c2ccccc2)cc1. The molecule has 3 rings (SSSR count). The van der Waals surface area contributed by atoms with Gasteiger partial charge in [0.05, 0.1) is 0 Å². The molecule has 0 fully saturated rings. The highest BCUT2D eigenvalue weighted by atomic mass is 16.7. The van der Waals surface area contributed by atoms with Crippen LogP contribution in [0.1, 0.15) is 5.76 Å². The van der Waals surface area contributed by atoms with E-state index >= 15 is 0 Å². The zero-order valence-corrected chi connectivity index (χ0v) is 12.7. The lowest BCUT2D eigenvalue weighted by Gasteiger charge is -2.05. The molecule has 25 heavy (non-hydrogen) atoms. The summed E-state index contributed by atoms with van der Waals surface area (Å²) in [5.41, 5.74) is 0.811. The van der Waals surface area contributed by atoms with Crippen LogP contribution in [-0.2, 0) is 11.3 Å². The van der Waals surface area contributed by atoms with E-state index in [0.717, 1.165) is 0 Å². The molecule has 0 saturated carbocycles. The number of hydrogen-bond acceptors (Lipinski definition) is 8. The van der Waals surface area contributed by atoms with E-state index in [1.807, 2.05) is 0 Å². The molecule has 0 radical (unpaired) electrons. The first kappa shape index (κ1) is 16.2. The van der Waals surface area contributed by atoms with Crippen LogP contribution in [0, 0.1) is 4.91 Å². The Morgan fingerprint density at radius 1 is 1.00 bits per heavy atom. The molecular weight excluding hydrogens is 330 g/mol. The van der Waals surface area contributed by atoms with Gasteiger partial charge in [-0.15, -0.1) is 4.91 Å². The first-order chi connectivity index (χ1) is 12.2. The standard InChI is InChI=1S/C17H11NO7/c19-16(23-13-8-6-12(18-21)7-9-13)22-10-14-15(25-17(20)24-14)11-4-2-1-3-5-11/h1-9H,10H2. The molecule has 0 atom stereocenters. The molecule has 3 aromatic rings. The van der Waals surface area contributed by atoms with Gasteiger partial charge in [0.15, 0.2) is 18.1 Å². The number of nitrogens with zero attached hydrogens (tertiary/aromatic N) is 1. The second-order valence-electron chi connectivity index (χ2n) is 4.80. The van der Waals surface area contributed by atoms with E-state index < -0.39 is 12.0 Å². The fourth-order valence-electron chi connectivity index (χ4n) is 2.04. The summed E-state index contributed by atoms with van der Waals surface area (Å²) >= 11 is 0. The molecular formula is C17H11NO7. The highest BCUT2D eigenvalue weighted by Gasteiger charge is 2.17. The zero-order valence-electron chi connectivity index (χ0n) is 12.7. The van der Waals surface area contributed by atoms with Crippen molar-refractivity contribution in [2.45, 2.75) is 6.61 Å². The minimum absolute atomic E-state index is 0.0636. The number of carbonyl (C=O) groups excluding carboxylic acids is 1. The molecule has 2 aromatic carbocycles. The summed E-state index contributed by atoms with van der Waals surface area (Å²) in [5.74, 6) is -0.481. The van der Waals surface area contributed by atoms with Crippen LogP contribution in [0.3, 0.4) is 0 Å². The number of hydrogen-bond donors (Lipinski definition) is 0. The first-order valence-electron chi connectivity index (χ1n) is 7.12. The summed E-state index contributed by atoms with van der Waals surface area (Å²) in [5, 5.41) is 2.73.